The number of halogens is 2. The van der Waals surface area contributed by atoms with Crippen LogP contribution in [0, 0.1) is 10.9 Å². The lowest BCUT2D eigenvalue weighted by Crippen LogP contribution is -2.30. The summed E-state index contributed by atoms with van der Waals surface area (Å²) in [6, 6.07) is 15.9. The third-order valence-corrected chi connectivity index (χ3v) is 6.79. The van der Waals surface area contributed by atoms with Crippen LogP contribution in [0.15, 0.2) is 66.9 Å². The maximum absolute atomic E-state index is 13.8. The molecule has 33 heavy (non-hydrogen) atoms. The fourth-order valence-corrected chi connectivity index (χ4v) is 4.98. The third kappa shape index (κ3) is 4.39. The van der Waals surface area contributed by atoms with Crippen LogP contribution in [-0.2, 0) is 11.2 Å². The summed E-state index contributed by atoms with van der Waals surface area (Å²) in [5, 5.41) is 13.9. The van der Waals surface area contributed by atoms with Gasteiger partial charge in [-0.15, -0.1) is 11.3 Å². The van der Waals surface area contributed by atoms with Gasteiger partial charge in [-0.2, -0.15) is 9.49 Å². The number of aromatic nitrogens is 2. The summed E-state index contributed by atoms with van der Waals surface area (Å²) in [5.74, 6) is -0.0694. The van der Waals surface area contributed by atoms with Crippen LogP contribution in [0.2, 0.25) is 0 Å². The molecule has 0 aliphatic carbocycles. The number of rotatable bonds is 6. The number of phenolic OH excluding ortho intramolecular Hbond substituents is 1. The number of hydrogen-bond donors (Lipinski definition) is 1. The van der Waals surface area contributed by atoms with Crippen LogP contribution in [0.3, 0.4) is 0 Å². The highest BCUT2D eigenvalue weighted by molar-refractivity contribution is 7.13. The molecule has 1 atom stereocenters. The van der Waals surface area contributed by atoms with E-state index in [-0.39, 0.29) is 28.6 Å². The summed E-state index contributed by atoms with van der Waals surface area (Å²) >= 11 is 1.01. The van der Waals surface area contributed by atoms with Crippen molar-refractivity contribution in [3.05, 3.63) is 88.9 Å². The van der Waals surface area contributed by atoms with Crippen molar-refractivity contribution in [2.45, 2.75) is 25.3 Å². The molecule has 5 rings (SSSR count). The van der Waals surface area contributed by atoms with Gasteiger partial charge < -0.3 is 10.0 Å². The Morgan fingerprint density at radius 2 is 1.79 bits per heavy atom. The van der Waals surface area contributed by atoms with E-state index in [1.807, 2.05) is 23.2 Å². The molecule has 0 spiro atoms. The average Bonchev–Trinajstić information content (AvgIpc) is 3.52. The van der Waals surface area contributed by atoms with E-state index in [0.717, 1.165) is 22.5 Å². The molecular formula is C25H21F2N3O2S. The molecule has 2 aromatic carbocycles. The van der Waals surface area contributed by atoms with Crippen molar-refractivity contribution >= 4 is 17.2 Å². The van der Waals surface area contributed by atoms with E-state index in [2.05, 4.69) is 0 Å². The molecule has 1 aliphatic rings. The molecule has 0 radical (unpaired) electrons. The molecule has 5 nitrogen and oxygen atoms in total. The maximum atomic E-state index is 13.8. The second-order valence-corrected chi connectivity index (χ2v) is 9.05. The normalized spacial score (nSPS) is 16.0. The fraction of sp³-hybridized carbons (Fsp3) is 0.200. The third-order valence-electron chi connectivity index (χ3n) is 5.91. The highest BCUT2D eigenvalue weighted by atomic mass is 32.1. The second kappa shape index (κ2) is 8.78. The summed E-state index contributed by atoms with van der Waals surface area (Å²) in [6.45, 7) is 0.522. The van der Waals surface area contributed by atoms with Gasteiger partial charge in [-0.05, 0) is 66.9 Å². The molecule has 2 aromatic heterocycles. The minimum absolute atomic E-state index is 0.0663. The van der Waals surface area contributed by atoms with Gasteiger partial charge in [-0.25, -0.2) is 9.07 Å². The molecule has 0 saturated carbocycles. The fourth-order valence-electron chi connectivity index (χ4n) is 4.24. The highest BCUT2D eigenvalue weighted by Gasteiger charge is 2.35. The number of carbonyl (C=O) groups excluding carboxylic acids is 1. The van der Waals surface area contributed by atoms with E-state index >= 15 is 0 Å². The summed E-state index contributed by atoms with van der Waals surface area (Å²) < 4.78 is 28.9. The number of hydrogen-bond acceptors (Lipinski definition) is 4. The van der Waals surface area contributed by atoms with Crippen molar-refractivity contribution in [2.24, 2.45) is 0 Å². The first kappa shape index (κ1) is 21.3. The van der Waals surface area contributed by atoms with Gasteiger partial charge in [-0.1, -0.05) is 12.1 Å². The van der Waals surface area contributed by atoms with Crippen molar-refractivity contribution in [1.29, 1.82) is 0 Å². The number of thiophene rings is 1. The number of likely N-dealkylation sites (tertiary alicyclic amines) is 1. The largest absolute Gasteiger partial charge is 0.508 e. The zero-order valence-corrected chi connectivity index (χ0v) is 18.4. The van der Waals surface area contributed by atoms with Crippen LogP contribution in [0.4, 0.5) is 8.78 Å². The lowest BCUT2D eigenvalue weighted by molar-refractivity contribution is -0.129. The molecule has 4 aromatic rings. The van der Waals surface area contributed by atoms with E-state index in [4.69, 9.17) is 5.10 Å². The van der Waals surface area contributed by atoms with Crippen molar-refractivity contribution in [3.63, 3.8) is 0 Å². The van der Waals surface area contributed by atoms with Crippen LogP contribution in [0.25, 0.3) is 16.3 Å². The Morgan fingerprint density at radius 3 is 2.48 bits per heavy atom. The predicted octanol–water partition coefficient (Wildman–Crippen LogP) is 5.49. The zero-order valence-electron chi connectivity index (χ0n) is 17.6. The first-order valence-electron chi connectivity index (χ1n) is 10.7. The van der Waals surface area contributed by atoms with Crippen LogP contribution in [-0.4, -0.2) is 32.2 Å². The van der Waals surface area contributed by atoms with E-state index in [1.165, 1.54) is 18.2 Å². The molecular weight excluding hydrogens is 444 g/mol. The molecule has 1 amide bonds. The molecule has 1 N–H and O–H groups in total. The first-order chi connectivity index (χ1) is 16.0. The summed E-state index contributed by atoms with van der Waals surface area (Å²) in [4.78, 5) is 15.3. The highest BCUT2D eigenvalue weighted by Crippen LogP contribution is 2.40. The van der Waals surface area contributed by atoms with E-state index < -0.39 is 0 Å². The van der Waals surface area contributed by atoms with Crippen molar-refractivity contribution in [3.8, 4) is 22.0 Å². The Kier molecular flexibility index (Phi) is 5.68. The molecule has 3 heterocycles. The number of aromatic hydroxyl groups is 1. The summed E-state index contributed by atoms with van der Waals surface area (Å²) in [6.07, 6.45) is 3.58. The van der Waals surface area contributed by atoms with Gasteiger partial charge in [0.05, 0.1) is 16.6 Å². The number of phenols is 1. The van der Waals surface area contributed by atoms with E-state index in [9.17, 15) is 18.7 Å². The lowest BCUT2D eigenvalue weighted by Gasteiger charge is -2.25. The monoisotopic (exact) mass is 465 g/mol. The Hall–Kier alpha value is -3.52. The quantitative estimate of drug-likeness (QED) is 0.410. The Balaban J connectivity index is 1.49. The minimum atomic E-state index is -0.339. The molecule has 1 aliphatic heterocycles. The van der Waals surface area contributed by atoms with Gasteiger partial charge in [0.2, 0.25) is 5.91 Å². The van der Waals surface area contributed by atoms with Gasteiger partial charge in [0.15, 0.2) is 5.13 Å². The molecule has 1 saturated heterocycles. The Bertz CT molecular complexity index is 1280. The predicted molar refractivity (Wildman–Crippen MR) is 122 cm³/mol. The van der Waals surface area contributed by atoms with Crippen LogP contribution in [0.1, 0.15) is 30.0 Å². The van der Waals surface area contributed by atoms with E-state index in [0.29, 0.717) is 42.1 Å². The van der Waals surface area contributed by atoms with Crippen molar-refractivity contribution < 1.29 is 18.7 Å². The van der Waals surface area contributed by atoms with Crippen molar-refractivity contribution in [1.82, 2.24) is 14.7 Å². The molecule has 168 valence electrons. The Labute approximate surface area is 193 Å². The molecule has 0 bridgehead atoms. The molecule has 0 unspecified atom stereocenters. The van der Waals surface area contributed by atoms with Gasteiger partial charge in [0, 0.05) is 24.7 Å². The van der Waals surface area contributed by atoms with Gasteiger partial charge in [0.1, 0.15) is 17.3 Å². The number of benzene rings is 2. The zero-order chi connectivity index (χ0) is 22.9. The number of nitrogens with zero attached hydrogens (tertiary/aromatic N) is 3. The number of carbonyl (C=O) groups is 1. The maximum Gasteiger partial charge on any atom is 0.223 e. The SMILES string of the molecule is O=C1CC[C@H](c2cn(-c3ccc(F)cc3)nc2-c2ccc(F)s2)N1CCc1ccc(O)cc1. The topological polar surface area (TPSA) is 58.4 Å². The standard InChI is InChI=1S/C25H21F2N3O2S/c26-17-3-5-18(6-4-17)30-15-20(25(28-30)22-10-11-23(27)33-22)21-9-12-24(32)29(21)14-13-16-1-7-19(31)8-2-16/h1-8,10-11,15,21,31H,9,12-14H2/t21-/m1/s1. The molecule has 8 heteroatoms. The van der Waals surface area contributed by atoms with Crippen LogP contribution < -0.4 is 0 Å². The molecule has 1 fully saturated rings. The second-order valence-electron chi connectivity index (χ2n) is 8.02. The van der Waals surface area contributed by atoms with Gasteiger partial charge in [-0.3, -0.25) is 4.79 Å². The summed E-state index contributed by atoms with van der Waals surface area (Å²) in [7, 11) is 0. The van der Waals surface area contributed by atoms with Crippen LogP contribution >= 0.6 is 11.3 Å². The minimum Gasteiger partial charge on any atom is -0.508 e. The first-order valence-corrected chi connectivity index (χ1v) is 11.5. The van der Waals surface area contributed by atoms with Crippen molar-refractivity contribution in [2.75, 3.05) is 6.54 Å². The van der Waals surface area contributed by atoms with Gasteiger partial charge >= 0.3 is 0 Å². The number of amides is 1. The Morgan fingerprint density at radius 1 is 1.03 bits per heavy atom. The van der Waals surface area contributed by atoms with Crippen LogP contribution in [0.5, 0.6) is 5.75 Å². The smallest absolute Gasteiger partial charge is 0.223 e. The van der Waals surface area contributed by atoms with Gasteiger partial charge in [0.25, 0.3) is 0 Å². The average molecular weight is 466 g/mol. The lowest BCUT2D eigenvalue weighted by atomic mass is 10.0. The summed E-state index contributed by atoms with van der Waals surface area (Å²) in [5.41, 5.74) is 3.18. The van der Waals surface area contributed by atoms with E-state index in [1.54, 1.807) is 35.0 Å².